The molecule has 0 heterocycles. The zero-order chi connectivity index (χ0) is 23.7. The highest BCUT2D eigenvalue weighted by atomic mass is 16.5. The average molecular weight is 434 g/mol. The van der Waals surface area contributed by atoms with Gasteiger partial charge in [-0.2, -0.15) is 0 Å². The Labute approximate surface area is 192 Å². The second kappa shape index (κ2) is 11.5. The third-order valence-corrected chi connectivity index (χ3v) is 5.51. The molecule has 0 bridgehead atoms. The summed E-state index contributed by atoms with van der Waals surface area (Å²) < 4.78 is 5.31. The van der Waals surface area contributed by atoms with E-state index in [1.807, 2.05) is 25.2 Å². The first-order valence-corrected chi connectivity index (χ1v) is 11.1. The molecule has 0 fully saturated rings. The fourth-order valence-corrected chi connectivity index (χ4v) is 3.82. The number of hydrogen-bond acceptors (Lipinski definition) is 3. The van der Waals surface area contributed by atoms with Crippen molar-refractivity contribution in [3.8, 4) is 5.75 Å². The van der Waals surface area contributed by atoms with Gasteiger partial charge >= 0.3 is 5.97 Å². The van der Waals surface area contributed by atoms with E-state index in [2.05, 4.69) is 45.2 Å². The van der Waals surface area contributed by atoms with E-state index in [-0.39, 0.29) is 11.3 Å². The Morgan fingerprint density at radius 3 is 2.34 bits per heavy atom. The summed E-state index contributed by atoms with van der Waals surface area (Å²) in [6.45, 7) is 12.2. The fourth-order valence-electron chi connectivity index (χ4n) is 3.82. The van der Waals surface area contributed by atoms with E-state index in [4.69, 9.17) is 4.74 Å². The number of carbonyl (C=O) groups is 2. The first-order chi connectivity index (χ1) is 15.1. The van der Waals surface area contributed by atoms with Gasteiger partial charge in [0.1, 0.15) is 5.75 Å². The maximum absolute atomic E-state index is 12.1. The Kier molecular flexibility index (Phi) is 9.01. The first-order valence-electron chi connectivity index (χ1n) is 11.1. The lowest BCUT2D eigenvalue weighted by atomic mass is 9.72. The van der Waals surface area contributed by atoms with Gasteiger partial charge in [-0.25, -0.2) is 4.79 Å². The van der Waals surface area contributed by atoms with Crippen molar-refractivity contribution in [3.05, 3.63) is 83.0 Å². The lowest BCUT2D eigenvalue weighted by Gasteiger charge is -2.32. The van der Waals surface area contributed by atoms with Crippen LogP contribution in [0.3, 0.4) is 0 Å². The van der Waals surface area contributed by atoms with Gasteiger partial charge in [0.2, 0.25) is 5.91 Å². The van der Waals surface area contributed by atoms with Gasteiger partial charge in [0.25, 0.3) is 0 Å². The molecule has 1 amide bonds. The summed E-state index contributed by atoms with van der Waals surface area (Å²) in [4.78, 5) is 23.2. The number of rotatable bonds is 7. The minimum Gasteiger partial charge on any atom is -0.423 e. The minimum absolute atomic E-state index is 0.148. The monoisotopic (exact) mass is 433 g/mol. The molecule has 0 saturated carbocycles. The number of carbonyl (C=O) groups excluding carboxylic acids is 2. The molecule has 1 aromatic rings. The molecule has 170 valence electrons. The molecule has 0 aromatic heterocycles. The van der Waals surface area contributed by atoms with Gasteiger partial charge in [0.05, 0.1) is 0 Å². The number of hydrogen-bond donors (Lipinski definition) is 1. The van der Waals surface area contributed by atoms with Crippen molar-refractivity contribution in [2.75, 3.05) is 5.32 Å². The van der Waals surface area contributed by atoms with Crippen molar-refractivity contribution in [2.45, 2.75) is 60.8 Å². The molecule has 1 aromatic carbocycles. The fraction of sp³-hybridized carbons (Fsp3) is 0.357. The third kappa shape index (κ3) is 8.18. The molecular weight excluding hydrogens is 398 g/mol. The Bertz CT molecular complexity index is 986. The van der Waals surface area contributed by atoms with Crippen LogP contribution in [0.15, 0.2) is 83.0 Å². The van der Waals surface area contributed by atoms with Crippen LogP contribution in [0.1, 0.15) is 60.8 Å². The summed E-state index contributed by atoms with van der Waals surface area (Å²) in [5.41, 5.74) is 5.77. The quantitative estimate of drug-likeness (QED) is 0.216. The van der Waals surface area contributed by atoms with Gasteiger partial charge in [-0.15, -0.1) is 0 Å². The Hall–Kier alpha value is -3.14. The normalized spacial score (nSPS) is 17.2. The summed E-state index contributed by atoms with van der Waals surface area (Å²) in [7, 11) is 0. The molecule has 0 saturated heterocycles. The average Bonchev–Trinajstić information content (AvgIpc) is 2.68. The van der Waals surface area contributed by atoms with Crippen LogP contribution in [0, 0.1) is 5.41 Å². The molecule has 32 heavy (non-hydrogen) atoms. The second-order valence-electron chi connectivity index (χ2n) is 9.05. The minimum atomic E-state index is -0.443. The van der Waals surface area contributed by atoms with Gasteiger partial charge in [-0.1, -0.05) is 55.4 Å². The molecule has 0 unspecified atom stereocenters. The molecular formula is C28H35NO3. The van der Waals surface area contributed by atoms with Crippen molar-refractivity contribution < 1.29 is 14.3 Å². The van der Waals surface area contributed by atoms with Crippen LogP contribution in [0.5, 0.6) is 5.75 Å². The second-order valence-corrected chi connectivity index (χ2v) is 9.05. The van der Waals surface area contributed by atoms with E-state index in [1.165, 1.54) is 43.4 Å². The van der Waals surface area contributed by atoms with Crippen LogP contribution in [0.2, 0.25) is 0 Å². The topological polar surface area (TPSA) is 55.4 Å². The van der Waals surface area contributed by atoms with Gasteiger partial charge in [0, 0.05) is 18.7 Å². The van der Waals surface area contributed by atoms with Crippen LogP contribution >= 0.6 is 0 Å². The summed E-state index contributed by atoms with van der Waals surface area (Å²) >= 11 is 0. The van der Waals surface area contributed by atoms with Crippen molar-refractivity contribution in [1.29, 1.82) is 0 Å². The number of ether oxygens (including phenoxy) is 1. The maximum Gasteiger partial charge on any atom is 0.336 e. The van der Waals surface area contributed by atoms with Crippen LogP contribution < -0.4 is 10.1 Å². The van der Waals surface area contributed by atoms with E-state index in [0.29, 0.717) is 11.4 Å². The number of nitrogens with one attached hydrogen (secondary N) is 1. The Morgan fingerprint density at radius 1 is 1.03 bits per heavy atom. The van der Waals surface area contributed by atoms with Crippen LogP contribution in [-0.4, -0.2) is 11.9 Å². The standard InChI is InChI=1S/C28H35NO3/c1-20(12-17-26-22(3)11-8-18-28(26,5)6)9-7-10-21(2)19-27(31)32-25-15-13-24(14-16-25)29-23(4)30/h7,9-10,12-17,19H,8,11,18H2,1-6H3,(H,29,30)/b10-7+,17-12+,20-9-,21-19-. The van der Waals surface area contributed by atoms with Gasteiger partial charge in [-0.05, 0) is 80.9 Å². The van der Waals surface area contributed by atoms with Crippen LogP contribution in [0.4, 0.5) is 5.69 Å². The zero-order valence-corrected chi connectivity index (χ0v) is 20.1. The third-order valence-electron chi connectivity index (χ3n) is 5.51. The molecule has 0 radical (unpaired) electrons. The molecule has 1 N–H and O–H groups in total. The van der Waals surface area contributed by atoms with Gasteiger partial charge < -0.3 is 10.1 Å². The molecule has 0 atom stereocenters. The molecule has 1 aliphatic carbocycles. The maximum atomic E-state index is 12.1. The van der Waals surface area contributed by atoms with E-state index in [9.17, 15) is 9.59 Å². The molecule has 2 rings (SSSR count). The highest BCUT2D eigenvalue weighted by Gasteiger charge is 2.26. The van der Waals surface area contributed by atoms with Crippen LogP contribution in [0.25, 0.3) is 0 Å². The molecule has 1 aliphatic rings. The Morgan fingerprint density at radius 2 is 1.72 bits per heavy atom. The van der Waals surface area contributed by atoms with E-state index in [1.54, 1.807) is 24.3 Å². The molecule has 0 aliphatic heterocycles. The van der Waals surface area contributed by atoms with Crippen molar-refractivity contribution >= 4 is 17.6 Å². The van der Waals surface area contributed by atoms with Crippen molar-refractivity contribution in [1.82, 2.24) is 0 Å². The summed E-state index contributed by atoms with van der Waals surface area (Å²) in [5, 5.41) is 2.67. The number of benzene rings is 1. The SMILES string of the molecule is CC(=O)Nc1ccc(OC(=O)\C=C(C)/C=C/C=C(C)\C=C\C2=C(C)CCCC2(C)C)cc1. The molecule has 0 spiro atoms. The zero-order valence-electron chi connectivity index (χ0n) is 20.1. The predicted octanol–water partition coefficient (Wildman–Crippen LogP) is 7.08. The van der Waals surface area contributed by atoms with E-state index >= 15 is 0 Å². The van der Waals surface area contributed by atoms with E-state index in [0.717, 1.165) is 11.1 Å². The number of amides is 1. The largest absolute Gasteiger partial charge is 0.423 e. The van der Waals surface area contributed by atoms with E-state index < -0.39 is 5.97 Å². The molecule has 4 nitrogen and oxygen atoms in total. The lowest BCUT2D eigenvalue weighted by molar-refractivity contribution is -0.129. The number of allylic oxidation sites excluding steroid dienone is 9. The summed E-state index contributed by atoms with van der Waals surface area (Å²) in [5.74, 6) is -0.167. The number of anilines is 1. The smallest absolute Gasteiger partial charge is 0.336 e. The van der Waals surface area contributed by atoms with Gasteiger partial charge in [-0.3, -0.25) is 4.79 Å². The summed E-state index contributed by atoms with van der Waals surface area (Å²) in [6, 6.07) is 6.66. The van der Waals surface area contributed by atoms with Crippen molar-refractivity contribution in [2.24, 2.45) is 5.41 Å². The number of esters is 1. The highest BCUT2D eigenvalue weighted by Crippen LogP contribution is 2.40. The lowest BCUT2D eigenvalue weighted by Crippen LogP contribution is -2.19. The molecule has 4 heteroatoms. The van der Waals surface area contributed by atoms with Crippen LogP contribution in [-0.2, 0) is 9.59 Å². The Balaban J connectivity index is 1.93. The first kappa shape index (κ1) is 25.1. The van der Waals surface area contributed by atoms with Crippen molar-refractivity contribution in [3.63, 3.8) is 0 Å². The van der Waals surface area contributed by atoms with Gasteiger partial charge in [0.15, 0.2) is 0 Å². The highest BCUT2D eigenvalue weighted by molar-refractivity contribution is 5.89. The summed E-state index contributed by atoms with van der Waals surface area (Å²) in [6.07, 6.45) is 15.4. The predicted molar refractivity (Wildman–Crippen MR) is 133 cm³/mol.